The first kappa shape index (κ1) is 13.0. The Morgan fingerprint density at radius 1 is 1.40 bits per heavy atom. The van der Waals surface area contributed by atoms with E-state index in [1.807, 2.05) is 12.1 Å². The Hall–Kier alpha value is -0.0300. The molecule has 1 aromatic carbocycles. The highest BCUT2D eigenvalue weighted by molar-refractivity contribution is 9.10. The SMILES string of the molecule is CC(O)(CN)CCSc1ccc(Br)cc1. The Labute approximate surface area is 103 Å². The van der Waals surface area contributed by atoms with E-state index in [0.29, 0.717) is 13.0 Å². The number of thioether (sulfide) groups is 1. The summed E-state index contributed by atoms with van der Waals surface area (Å²) in [6.07, 6.45) is 0.713. The van der Waals surface area contributed by atoms with Gasteiger partial charge in [-0.1, -0.05) is 15.9 Å². The highest BCUT2D eigenvalue weighted by Gasteiger charge is 2.16. The molecule has 0 aromatic heterocycles. The first-order chi connectivity index (χ1) is 7.03. The number of benzene rings is 1. The third kappa shape index (κ3) is 5.02. The summed E-state index contributed by atoms with van der Waals surface area (Å²) in [5.74, 6) is 0.881. The van der Waals surface area contributed by atoms with Crippen LogP contribution in [0.2, 0.25) is 0 Å². The van der Waals surface area contributed by atoms with Crippen LogP contribution < -0.4 is 5.73 Å². The first-order valence-electron chi connectivity index (χ1n) is 4.84. The van der Waals surface area contributed by atoms with Crippen molar-refractivity contribution in [3.05, 3.63) is 28.7 Å². The molecule has 0 heterocycles. The average Bonchev–Trinajstić information content (AvgIpc) is 2.21. The Kier molecular flexibility index (Phi) is 5.12. The molecule has 0 aliphatic carbocycles. The maximum absolute atomic E-state index is 9.70. The van der Waals surface area contributed by atoms with Crippen LogP contribution in [-0.2, 0) is 0 Å². The molecule has 0 saturated carbocycles. The van der Waals surface area contributed by atoms with Crippen LogP contribution in [-0.4, -0.2) is 23.0 Å². The van der Waals surface area contributed by atoms with Crippen molar-refractivity contribution in [2.45, 2.75) is 23.8 Å². The molecule has 2 nitrogen and oxygen atoms in total. The molecule has 1 rings (SSSR count). The zero-order valence-electron chi connectivity index (χ0n) is 8.74. The van der Waals surface area contributed by atoms with Gasteiger partial charge in [-0.25, -0.2) is 0 Å². The lowest BCUT2D eigenvalue weighted by molar-refractivity contribution is 0.0665. The summed E-state index contributed by atoms with van der Waals surface area (Å²) in [6.45, 7) is 2.09. The molecule has 0 bridgehead atoms. The van der Waals surface area contributed by atoms with Gasteiger partial charge in [0.05, 0.1) is 5.60 Å². The van der Waals surface area contributed by atoms with E-state index in [9.17, 15) is 5.11 Å². The van der Waals surface area contributed by atoms with Crippen LogP contribution in [0.4, 0.5) is 0 Å². The molecule has 0 aliphatic rings. The van der Waals surface area contributed by atoms with Gasteiger partial charge in [-0.05, 0) is 37.6 Å². The third-order valence-corrected chi connectivity index (χ3v) is 3.71. The Bertz CT molecular complexity index is 300. The maximum Gasteiger partial charge on any atom is 0.0749 e. The molecule has 0 spiro atoms. The van der Waals surface area contributed by atoms with Gasteiger partial charge in [0.1, 0.15) is 0 Å². The molecule has 15 heavy (non-hydrogen) atoms. The monoisotopic (exact) mass is 289 g/mol. The molecule has 0 fully saturated rings. The molecule has 1 atom stereocenters. The van der Waals surface area contributed by atoms with Crippen LogP contribution >= 0.6 is 27.7 Å². The fourth-order valence-corrected chi connectivity index (χ4v) is 2.39. The standard InChI is InChI=1S/C11H16BrNOS/c1-11(14,8-13)6-7-15-10-4-2-9(12)3-5-10/h2-5,14H,6-8,13H2,1H3. The van der Waals surface area contributed by atoms with Crippen molar-refractivity contribution in [1.29, 1.82) is 0 Å². The van der Waals surface area contributed by atoms with Crippen molar-refractivity contribution in [2.24, 2.45) is 5.73 Å². The van der Waals surface area contributed by atoms with Gasteiger partial charge in [0, 0.05) is 21.7 Å². The quantitative estimate of drug-likeness (QED) is 0.820. The second kappa shape index (κ2) is 5.89. The number of halogens is 1. The molecular weight excluding hydrogens is 274 g/mol. The lowest BCUT2D eigenvalue weighted by Gasteiger charge is -2.20. The van der Waals surface area contributed by atoms with Gasteiger partial charge in [-0.15, -0.1) is 11.8 Å². The van der Waals surface area contributed by atoms with Gasteiger partial charge in [0.15, 0.2) is 0 Å². The summed E-state index contributed by atoms with van der Waals surface area (Å²) in [7, 11) is 0. The second-order valence-electron chi connectivity index (χ2n) is 3.75. The zero-order chi connectivity index (χ0) is 11.3. The van der Waals surface area contributed by atoms with E-state index in [-0.39, 0.29) is 0 Å². The van der Waals surface area contributed by atoms with Crippen molar-refractivity contribution in [1.82, 2.24) is 0 Å². The van der Waals surface area contributed by atoms with Crippen molar-refractivity contribution in [3.63, 3.8) is 0 Å². The van der Waals surface area contributed by atoms with Gasteiger partial charge in [-0.2, -0.15) is 0 Å². The van der Waals surface area contributed by atoms with E-state index in [1.54, 1.807) is 18.7 Å². The Morgan fingerprint density at radius 2 is 2.00 bits per heavy atom. The molecule has 0 aliphatic heterocycles. The summed E-state index contributed by atoms with van der Waals surface area (Å²) < 4.78 is 1.08. The first-order valence-corrected chi connectivity index (χ1v) is 6.62. The zero-order valence-corrected chi connectivity index (χ0v) is 11.1. The highest BCUT2D eigenvalue weighted by atomic mass is 79.9. The largest absolute Gasteiger partial charge is 0.389 e. The van der Waals surface area contributed by atoms with E-state index in [1.165, 1.54) is 4.90 Å². The smallest absolute Gasteiger partial charge is 0.0749 e. The van der Waals surface area contributed by atoms with Crippen LogP contribution in [0.3, 0.4) is 0 Å². The van der Waals surface area contributed by atoms with Gasteiger partial charge in [0.25, 0.3) is 0 Å². The highest BCUT2D eigenvalue weighted by Crippen LogP contribution is 2.23. The second-order valence-corrected chi connectivity index (χ2v) is 5.84. The summed E-state index contributed by atoms with van der Waals surface area (Å²) in [5, 5.41) is 9.70. The number of hydrogen-bond acceptors (Lipinski definition) is 3. The van der Waals surface area contributed by atoms with Crippen LogP contribution in [0.15, 0.2) is 33.6 Å². The lowest BCUT2D eigenvalue weighted by Crippen LogP contribution is -2.34. The molecule has 0 saturated heterocycles. The normalized spacial score (nSPS) is 14.9. The number of hydrogen-bond donors (Lipinski definition) is 2. The van der Waals surface area contributed by atoms with Gasteiger partial charge < -0.3 is 10.8 Å². The van der Waals surface area contributed by atoms with E-state index in [4.69, 9.17) is 5.73 Å². The minimum absolute atomic E-state index is 0.313. The number of nitrogens with two attached hydrogens (primary N) is 1. The Morgan fingerprint density at radius 3 is 2.53 bits per heavy atom. The van der Waals surface area contributed by atoms with Crippen LogP contribution in [0.25, 0.3) is 0 Å². The molecule has 84 valence electrons. The predicted molar refractivity (Wildman–Crippen MR) is 69.2 cm³/mol. The van der Waals surface area contributed by atoms with E-state index in [2.05, 4.69) is 28.1 Å². The minimum Gasteiger partial charge on any atom is -0.389 e. The van der Waals surface area contributed by atoms with E-state index >= 15 is 0 Å². The van der Waals surface area contributed by atoms with Gasteiger partial charge >= 0.3 is 0 Å². The van der Waals surface area contributed by atoms with Gasteiger partial charge in [0.2, 0.25) is 0 Å². The van der Waals surface area contributed by atoms with Gasteiger partial charge in [-0.3, -0.25) is 0 Å². The van der Waals surface area contributed by atoms with Crippen molar-refractivity contribution >= 4 is 27.7 Å². The third-order valence-electron chi connectivity index (χ3n) is 2.16. The van der Waals surface area contributed by atoms with Crippen LogP contribution in [0.5, 0.6) is 0 Å². The fraction of sp³-hybridized carbons (Fsp3) is 0.455. The number of rotatable bonds is 5. The maximum atomic E-state index is 9.70. The average molecular weight is 290 g/mol. The minimum atomic E-state index is -0.734. The van der Waals surface area contributed by atoms with Crippen molar-refractivity contribution in [3.8, 4) is 0 Å². The molecule has 0 radical (unpaired) electrons. The Balaban J connectivity index is 2.35. The summed E-state index contributed by atoms with van der Waals surface area (Å²) in [6, 6.07) is 8.16. The van der Waals surface area contributed by atoms with E-state index in [0.717, 1.165) is 10.2 Å². The van der Waals surface area contributed by atoms with Crippen LogP contribution in [0.1, 0.15) is 13.3 Å². The number of aliphatic hydroxyl groups is 1. The lowest BCUT2D eigenvalue weighted by atomic mass is 10.1. The summed E-state index contributed by atoms with van der Waals surface area (Å²) in [5.41, 5.74) is 4.71. The molecular formula is C11H16BrNOS. The summed E-state index contributed by atoms with van der Waals surface area (Å²) >= 11 is 5.13. The molecule has 3 N–H and O–H groups in total. The van der Waals surface area contributed by atoms with E-state index < -0.39 is 5.60 Å². The summed E-state index contributed by atoms with van der Waals surface area (Å²) in [4.78, 5) is 1.21. The van der Waals surface area contributed by atoms with Crippen molar-refractivity contribution < 1.29 is 5.11 Å². The molecule has 1 aromatic rings. The predicted octanol–water partition coefficient (Wildman–Crippen LogP) is 2.64. The van der Waals surface area contributed by atoms with Crippen molar-refractivity contribution in [2.75, 3.05) is 12.3 Å². The molecule has 0 amide bonds. The molecule has 4 heteroatoms. The molecule has 1 unspecified atom stereocenters. The topological polar surface area (TPSA) is 46.2 Å². The fourth-order valence-electron chi connectivity index (χ4n) is 1.02. The van der Waals surface area contributed by atoms with Crippen LogP contribution in [0, 0.1) is 0 Å².